The number of nitriles is 1. The number of hydrogen-bond donors (Lipinski definition) is 1. The van der Waals surface area contributed by atoms with E-state index in [1.807, 2.05) is 6.07 Å². The molecule has 1 heterocycles. The number of ether oxygens (including phenoxy) is 1. The molecule has 0 atom stereocenters. The molecule has 6 nitrogen and oxygen atoms in total. The number of furan rings is 1. The third kappa shape index (κ3) is 4.16. The fourth-order valence-corrected chi connectivity index (χ4v) is 2.25. The average molecular weight is 346 g/mol. The Morgan fingerprint density at radius 3 is 2.58 bits per heavy atom. The lowest BCUT2D eigenvalue weighted by Crippen LogP contribution is -2.11. The molecule has 128 valence electrons. The van der Waals surface area contributed by atoms with Gasteiger partial charge in [-0.25, -0.2) is 4.79 Å². The fourth-order valence-electron chi connectivity index (χ4n) is 2.25. The number of nitrogens with zero attached hydrogens (tertiary/aromatic N) is 1. The van der Waals surface area contributed by atoms with Crippen molar-refractivity contribution in [1.29, 1.82) is 5.26 Å². The summed E-state index contributed by atoms with van der Waals surface area (Å²) in [5.41, 5.74) is 2.14. The van der Waals surface area contributed by atoms with Gasteiger partial charge in [0.15, 0.2) is 5.76 Å². The van der Waals surface area contributed by atoms with Gasteiger partial charge in [-0.15, -0.1) is 0 Å². The number of anilines is 1. The summed E-state index contributed by atoms with van der Waals surface area (Å²) in [5.74, 6) is -0.660. The summed E-state index contributed by atoms with van der Waals surface area (Å²) in [6.45, 7) is 0.0747. The third-order valence-corrected chi connectivity index (χ3v) is 3.55. The van der Waals surface area contributed by atoms with Crippen LogP contribution in [0.4, 0.5) is 5.69 Å². The number of carbonyl (C=O) groups is 2. The average Bonchev–Trinajstić information content (AvgIpc) is 3.22. The Kier molecular flexibility index (Phi) is 5.11. The first-order chi connectivity index (χ1) is 12.7. The smallest absolute Gasteiger partial charge is 0.338 e. The van der Waals surface area contributed by atoms with Crippen LogP contribution in [0.5, 0.6) is 0 Å². The summed E-state index contributed by atoms with van der Waals surface area (Å²) >= 11 is 0. The Hall–Kier alpha value is -3.85. The maximum absolute atomic E-state index is 12.1. The van der Waals surface area contributed by atoms with Crippen LogP contribution >= 0.6 is 0 Å². The summed E-state index contributed by atoms with van der Waals surface area (Å²) in [5, 5.41) is 11.5. The standard InChI is InChI=1S/C20H14N2O4/c21-12-14-3-1-4-15(11-14)13-26-20(24)16-6-8-17(9-7-16)22-19(23)18-5-2-10-25-18/h1-11H,13H2,(H,22,23). The molecule has 0 unspecified atom stereocenters. The second-order valence-corrected chi connectivity index (χ2v) is 5.40. The monoisotopic (exact) mass is 346 g/mol. The van der Waals surface area contributed by atoms with E-state index in [9.17, 15) is 9.59 Å². The molecule has 0 fully saturated rings. The van der Waals surface area contributed by atoms with Gasteiger partial charge >= 0.3 is 5.97 Å². The lowest BCUT2D eigenvalue weighted by Gasteiger charge is -2.07. The predicted molar refractivity (Wildman–Crippen MR) is 93.4 cm³/mol. The van der Waals surface area contributed by atoms with Crippen LogP contribution in [0, 0.1) is 11.3 Å². The highest BCUT2D eigenvalue weighted by molar-refractivity contribution is 6.02. The molecule has 1 aromatic heterocycles. The van der Waals surface area contributed by atoms with Crippen LogP contribution in [0.3, 0.4) is 0 Å². The fraction of sp³-hybridized carbons (Fsp3) is 0.0500. The molecule has 0 spiro atoms. The second-order valence-electron chi connectivity index (χ2n) is 5.40. The van der Waals surface area contributed by atoms with E-state index in [2.05, 4.69) is 5.32 Å². The molecule has 0 radical (unpaired) electrons. The summed E-state index contributed by atoms with van der Waals surface area (Å²) in [6, 6.07) is 18.4. The quantitative estimate of drug-likeness (QED) is 0.710. The van der Waals surface area contributed by atoms with Crippen molar-refractivity contribution in [2.45, 2.75) is 6.61 Å². The number of hydrogen-bond acceptors (Lipinski definition) is 5. The van der Waals surface area contributed by atoms with Crippen LogP contribution < -0.4 is 5.32 Å². The highest BCUT2D eigenvalue weighted by Crippen LogP contribution is 2.14. The van der Waals surface area contributed by atoms with E-state index in [-0.39, 0.29) is 18.3 Å². The molecule has 3 rings (SSSR count). The summed E-state index contributed by atoms with van der Waals surface area (Å²) in [4.78, 5) is 24.0. The Balaban J connectivity index is 1.58. The van der Waals surface area contributed by atoms with Crippen molar-refractivity contribution in [2.75, 3.05) is 5.32 Å². The van der Waals surface area contributed by atoms with E-state index in [0.717, 1.165) is 5.56 Å². The van der Waals surface area contributed by atoms with E-state index in [4.69, 9.17) is 14.4 Å². The van der Waals surface area contributed by atoms with Crippen molar-refractivity contribution >= 4 is 17.6 Å². The van der Waals surface area contributed by atoms with Crippen LogP contribution in [0.15, 0.2) is 71.3 Å². The first-order valence-electron chi connectivity index (χ1n) is 7.77. The van der Waals surface area contributed by atoms with Gasteiger partial charge in [-0.2, -0.15) is 5.26 Å². The Morgan fingerprint density at radius 2 is 1.88 bits per heavy atom. The zero-order chi connectivity index (χ0) is 18.4. The van der Waals surface area contributed by atoms with Gasteiger partial charge in [0, 0.05) is 5.69 Å². The number of benzene rings is 2. The second kappa shape index (κ2) is 7.81. The molecule has 0 bridgehead atoms. The predicted octanol–water partition coefficient (Wildman–Crippen LogP) is 3.76. The Labute approximate surface area is 149 Å². The summed E-state index contributed by atoms with van der Waals surface area (Å²) < 4.78 is 10.3. The Morgan fingerprint density at radius 1 is 1.08 bits per heavy atom. The van der Waals surface area contributed by atoms with Gasteiger partial charge in [0.05, 0.1) is 23.5 Å². The normalized spacial score (nSPS) is 9.96. The molecule has 0 aliphatic heterocycles. The molecule has 2 aromatic carbocycles. The van der Waals surface area contributed by atoms with Crippen molar-refractivity contribution in [3.63, 3.8) is 0 Å². The van der Waals surface area contributed by atoms with Gasteiger partial charge in [-0.1, -0.05) is 12.1 Å². The molecule has 0 saturated heterocycles. The summed E-state index contributed by atoms with van der Waals surface area (Å²) in [7, 11) is 0. The third-order valence-electron chi connectivity index (χ3n) is 3.55. The molecule has 1 N–H and O–H groups in total. The highest BCUT2D eigenvalue weighted by atomic mass is 16.5. The van der Waals surface area contributed by atoms with Crippen LogP contribution in [0.2, 0.25) is 0 Å². The Bertz CT molecular complexity index is 954. The van der Waals surface area contributed by atoms with Gasteiger partial charge < -0.3 is 14.5 Å². The van der Waals surface area contributed by atoms with Crippen molar-refractivity contribution in [3.05, 3.63) is 89.4 Å². The molecule has 0 aliphatic carbocycles. The lowest BCUT2D eigenvalue weighted by atomic mass is 10.1. The molecule has 3 aromatic rings. The van der Waals surface area contributed by atoms with Crippen molar-refractivity contribution in [3.8, 4) is 6.07 Å². The van der Waals surface area contributed by atoms with Crippen LogP contribution in [-0.4, -0.2) is 11.9 Å². The largest absolute Gasteiger partial charge is 0.459 e. The molecule has 0 aliphatic rings. The van der Waals surface area contributed by atoms with Crippen LogP contribution in [-0.2, 0) is 11.3 Å². The van der Waals surface area contributed by atoms with Gasteiger partial charge in [-0.05, 0) is 54.1 Å². The zero-order valence-electron chi connectivity index (χ0n) is 13.6. The van der Waals surface area contributed by atoms with E-state index in [1.165, 1.54) is 6.26 Å². The summed E-state index contributed by atoms with van der Waals surface area (Å²) in [6.07, 6.45) is 1.42. The molecular weight excluding hydrogens is 332 g/mol. The number of esters is 1. The van der Waals surface area contributed by atoms with Gasteiger partial charge in [-0.3, -0.25) is 4.79 Å². The molecule has 26 heavy (non-hydrogen) atoms. The van der Waals surface area contributed by atoms with Crippen LogP contribution in [0.25, 0.3) is 0 Å². The topological polar surface area (TPSA) is 92.3 Å². The van der Waals surface area contributed by atoms with Gasteiger partial charge in [0.25, 0.3) is 5.91 Å². The van der Waals surface area contributed by atoms with Crippen molar-refractivity contribution in [2.24, 2.45) is 0 Å². The number of amides is 1. The molecule has 6 heteroatoms. The molecular formula is C20H14N2O4. The van der Waals surface area contributed by atoms with Crippen LogP contribution in [0.1, 0.15) is 32.0 Å². The first kappa shape index (κ1) is 17.0. The maximum atomic E-state index is 12.1. The van der Waals surface area contributed by atoms with E-state index >= 15 is 0 Å². The van der Waals surface area contributed by atoms with E-state index in [1.54, 1.807) is 60.7 Å². The van der Waals surface area contributed by atoms with Gasteiger partial charge in [0.2, 0.25) is 0 Å². The van der Waals surface area contributed by atoms with E-state index < -0.39 is 5.97 Å². The highest BCUT2D eigenvalue weighted by Gasteiger charge is 2.11. The SMILES string of the molecule is N#Cc1cccc(COC(=O)c2ccc(NC(=O)c3ccco3)cc2)c1. The number of carbonyl (C=O) groups excluding carboxylic acids is 2. The zero-order valence-corrected chi connectivity index (χ0v) is 13.6. The number of rotatable bonds is 5. The first-order valence-corrected chi connectivity index (χ1v) is 7.77. The minimum Gasteiger partial charge on any atom is -0.459 e. The van der Waals surface area contributed by atoms with Gasteiger partial charge in [0.1, 0.15) is 6.61 Å². The van der Waals surface area contributed by atoms with Crippen molar-refractivity contribution < 1.29 is 18.7 Å². The number of nitrogens with one attached hydrogen (secondary N) is 1. The maximum Gasteiger partial charge on any atom is 0.338 e. The van der Waals surface area contributed by atoms with E-state index in [0.29, 0.717) is 16.8 Å². The van der Waals surface area contributed by atoms with Crippen molar-refractivity contribution in [1.82, 2.24) is 0 Å². The molecule has 1 amide bonds. The minimum atomic E-state index is -0.490. The molecule has 0 saturated carbocycles. The lowest BCUT2D eigenvalue weighted by molar-refractivity contribution is 0.0472. The minimum absolute atomic E-state index is 0.0747.